The van der Waals surface area contributed by atoms with E-state index in [9.17, 15) is 13.2 Å². The fourth-order valence-electron chi connectivity index (χ4n) is 2.41. The van der Waals surface area contributed by atoms with Gasteiger partial charge in [-0.3, -0.25) is 0 Å². The van der Waals surface area contributed by atoms with E-state index in [4.69, 9.17) is 0 Å². The van der Waals surface area contributed by atoms with Gasteiger partial charge in [0, 0.05) is 6.04 Å². The molecule has 0 bridgehead atoms. The molecule has 0 unspecified atom stereocenters. The van der Waals surface area contributed by atoms with Crippen LogP contribution in [0, 0.1) is 6.92 Å². The summed E-state index contributed by atoms with van der Waals surface area (Å²) in [5.41, 5.74) is 0.570. The highest BCUT2D eigenvalue weighted by molar-refractivity contribution is 7.89. The van der Waals surface area contributed by atoms with Crippen molar-refractivity contribution in [3.05, 3.63) is 15.8 Å². The molecule has 0 saturated carbocycles. The second-order valence-electron chi connectivity index (χ2n) is 5.27. The molecule has 0 radical (unpaired) electrons. The normalized spacial score (nSPS) is 17.9. The molecule has 0 aromatic carbocycles. The zero-order chi connectivity index (χ0) is 15.6. The first kappa shape index (κ1) is 16.4. The first-order chi connectivity index (χ1) is 9.85. The minimum absolute atomic E-state index is 0.0540. The molecule has 0 aliphatic carbocycles. The third kappa shape index (κ3) is 3.63. The van der Waals surface area contributed by atoms with Crippen molar-refractivity contribution in [2.24, 2.45) is 0 Å². The number of rotatable bonds is 4. The van der Waals surface area contributed by atoms with Gasteiger partial charge in [-0.15, -0.1) is 11.3 Å². The number of methoxy groups -OCH3 is 1. The van der Waals surface area contributed by atoms with E-state index in [1.54, 1.807) is 12.3 Å². The zero-order valence-electron chi connectivity index (χ0n) is 12.4. The van der Waals surface area contributed by atoms with Gasteiger partial charge in [-0.2, -0.15) is 0 Å². The smallest absolute Gasteiger partial charge is 0.349 e. The second kappa shape index (κ2) is 6.43. The van der Waals surface area contributed by atoms with E-state index in [2.05, 4.69) is 14.4 Å². The Kier molecular flexibility index (Phi) is 5.03. The molecule has 8 heteroatoms. The lowest BCUT2D eigenvalue weighted by atomic mass is 10.1. The van der Waals surface area contributed by atoms with Crippen molar-refractivity contribution in [1.29, 1.82) is 0 Å². The summed E-state index contributed by atoms with van der Waals surface area (Å²) < 4.78 is 32.5. The van der Waals surface area contributed by atoms with E-state index in [1.807, 2.05) is 7.05 Å². The Labute approximate surface area is 129 Å². The number of piperidine rings is 1. The largest absolute Gasteiger partial charge is 0.465 e. The summed E-state index contributed by atoms with van der Waals surface area (Å²) >= 11 is 1.10. The van der Waals surface area contributed by atoms with Gasteiger partial charge >= 0.3 is 5.97 Å². The van der Waals surface area contributed by atoms with Crippen molar-refractivity contribution in [3.8, 4) is 0 Å². The van der Waals surface area contributed by atoms with E-state index >= 15 is 0 Å². The average molecular weight is 332 g/mol. The number of nitrogens with zero attached hydrogens (tertiary/aromatic N) is 1. The Morgan fingerprint density at radius 1 is 1.43 bits per heavy atom. The van der Waals surface area contributed by atoms with Crippen molar-refractivity contribution >= 4 is 27.3 Å². The molecule has 1 aromatic rings. The molecular weight excluding hydrogens is 312 g/mol. The Bertz CT molecular complexity index is 616. The van der Waals surface area contributed by atoms with Crippen molar-refractivity contribution in [1.82, 2.24) is 9.62 Å². The summed E-state index contributed by atoms with van der Waals surface area (Å²) in [5.74, 6) is -0.614. The number of carbonyl (C=O) groups excluding carboxylic acids is 1. The number of nitrogens with one attached hydrogen (secondary N) is 1. The fourth-order valence-corrected chi connectivity index (χ4v) is 5.42. The van der Waals surface area contributed by atoms with Crippen LogP contribution in [0.1, 0.15) is 28.1 Å². The maximum absolute atomic E-state index is 12.6. The summed E-state index contributed by atoms with van der Waals surface area (Å²) in [7, 11) is -0.444. The maximum Gasteiger partial charge on any atom is 0.349 e. The maximum atomic E-state index is 12.6. The highest BCUT2D eigenvalue weighted by Crippen LogP contribution is 2.28. The standard InChI is InChI=1S/C13H20N2O4S2/c1-9-8-20-11(13(16)19-3)12(9)21(17,18)14-10-4-6-15(2)7-5-10/h8,10,14H,4-7H2,1-3H3. The molecule has 1 aliphatic heterocycles. The van der Waals surface area contributed by atoms with Crippen molar-refractivity contribution in [3.63, 3.8) is 0 Å². The first-order valence-electron chi connectivity index (χ1n) is 6.72. The Morgan fingerprint density at radius 2 is 2.05 bits per heavy atom. The van der Waals surface area contributed by atoms with Crippen LogP contribution in [0.25, 0.3) is 0 Å². The van der Waals surface area contributed by atoms with Crippen LogP contribution in [0.4, 0.5) is 0 Å². The van der Waals surface area contributed by atoms with Crippen molar-refractivity contribution < 1.29 is 17.9 Å². The van der Waals surface area contributed by atoms with Crippen LogP contribution in [0.3, 0.4) is 0 Å². The van der Waals surface area contributed by atoms with Crippen LogP contribution < -0.4 is 4.72 Å². The topological polar surface area (TPSA) is 75.7 Å². The van der Waals surface area contributed by atoms with Gasteiger partial charge in [-0.1, -0.05) is 0 Å². The Morgan fingerprint density at radius 3 is 2.62 bits per heavy atom. The van der Waals surface area contributed by atoms with Gasteiger partial charge in [0.2, 0.25) is 10.0 Å². The molecule has 1 aromatic heterocycles. The minimum Gasteiger partial charge on any atom is -0.465 e. The van der Waals surface area contributed by atoms with Gasteiger partial charge in [0.15, 0.2) is 0 Å². The molecule has 1 aliphatic rings. The lowest BCUT2D eigenvalue weighted by molar-refractivity contribution is 0.0602. The molecule has 1 saturated heterocycles. The lowest BCUT2D eigenvalue weighted by Crippen LogP contribution is -2.43. The molecule has 0 spiro atoms. The van der Waals surface area contributed by atoms with Gasteiger partial charge in [-0.05, 0) is 50.8 Å². The highest BCUT2D eigenvalue weighted by Gasteiger charge is 2.30. The van der Waals surface area contributed by atoms with Gasteiger partial charge in [0.05, 0.1) is 7.11 Å². The van der Waals surface area contributed by atoms with E-state index in [0.717, 1.165) is 37.3 Å². The Balaban J connectivity index is 2.24. The zero-order valence-corrected chi connectivity index (χ0v) is 14.0. The highest BCUT2D eigenvalue weighted by atomic mass is 32.2. The van der Waals surface area contributed by atoms with Crippen LogP contribution in [0.15, 0.2) is 10.3 Å². The molecule has 21 heavy (non-hydrogen) atoms. The molecule has 1 N–H and O–H groups in total. The molecule has 0 amide bonds. The fraction of sp³-hybridized carbons (Fsp3) is 0.615. The number of carbonyl (C=O) groups is 1. The quantitative estimate of drug-likeness (QED) is 0.839. The number of hydrogen-bond donors (Lipinski definition) is 1. The molecule has 2 rings (SSSR count). The van der Waals surface area contributed by atoms with Crippen LogP contribution in [-0.2, 0) is 14.8 Å². The van der Waals surface area contributed by atoms with Crippen molar-refractivity contribution in [2.45, 2.75) is 30.7 Å². The van der Waals surface area contributed by atoms with Gasteiger partial charge in [0.25, 0.3) is 0 Å². The van der Waals surface area contributed by atoms with Crippen LogP contribution >= 0.6 is 11.3 Å². The second-order valence-corrected chi connectivity index (χ2v) is 7.80. The predicted molar refractivity (Wildman–Crippen MR) is 81.2 cm³/mol. The molecular formula is C13H20N2O4S2. The predicted octanol–water partition coefficient (Wildman–Crippen LogP) is 1.22. The average Bonchev–Trinajstić information content (AvgIpc) is 2.83. The number of sulfonamides is 1. The van der Waals surface area contributed by atoms with Gasteiger partial charge in [-0.25, -0.2) is 17.9 Å². The number of aryl methyl sites for hydroxylation is 1. The van der Waals surface area contributed by atoms with Crippen molar-refractivity contribution in [2.75, 3.05) is 27.2 Å². The number of thiophene rings is 1. The molecule has 2 heterocycles. The number of esters is 1. The van der Waals surface area contributed by atoms with Crippen LogP contribution in [0.5, 0.6) is 0 Å². The third-order valence-electron chi connectivity index (χ3n) is 3.60. The monoisotopic (exact) mass is 332 g/mol. The number of ether oxygens (including phenoxy) is 1. The van der Waals surface area contributed by atoms with Gasteiger partial charge < -0.3 is 9.64 Å². The lowest BCUT2D eigenvalue weighted by Gasteiger charge is -2.29. The van der Waals surface area contributed by atoms with E-state index in [0.29, 0.717) is 5.56 Å². The molecule has 6 nitrogen and oxygen atoms in total. The SMILES string of the molecule is COC(=O)c1scc(C)c1S(=O)(=O)NC1CCN(C)CC1. The molecule has 0 atom stereocenters. The van der Waals surface area contributed by atoms with Crippen LogP contribution in [-0.4, -0.2) is 52.6 Å². The number of hydrogen-bond acceptors (Lipinski definition) is 6. The summed E-state index contributed by atoms with van der Waals surface area (Å²) in [6.45, 7) is 3.41. The van der Waals surface area contributed by atoms with E-state index < -0.39 is 16.0 Å². The van der Waals surface area contributed by atoms with E-state index in [-0.39, 0.29) is 15.8 Å². The molecule has 118 valence electrons. The minimum atomic E-state index is -3.71. The number of likely N-dealkylation sites (tertiary alicyclic amines) is 1. The Hall–Kier alpha value is -0.960. The molecule has 1 fully saturated rings. The van der Waals surface area contributed by atoms with E-state index in [1.165, 1.54) is 7.11 Å². The summed E-state index contributed by atoms with van der Waals surface area (Å²) in [5, 5.41) is 1.66. The third-order valence-corrected chi connectivity index (χ3v) is 6.51. The van der Waals surface area contributed by atoms with Gasteiger partial charge in [0.1, 0.15) is 9.77 Å². The summed E-state index contributed by atoms with van der Waals surface area (Å²) in [6.07, 6.45) is 1.54. The van der Waals surface area contributed by atoms with Crippen LogP contribution in [0.2, 0.25) is 0 Å². The summed E-state index contributed by atoms with van der Waals surface area (Å²) in [6, 6.07) is -0.0870. The summed E-state index contributed by atoms with van der Waals surface area (Å²) in [4.78, 5) is 14.1. The first-order valence-corrected chi connectivity index (χ1v) is 9.08.